The number of nitrogens with one attached hydrogen (secondary N) is 3. The van der Waals surface area contributed by atoms with Crippen LogP contribution < -0.4 is 27.4 Å². The summed E-state index contributed by atoms with van der Waals surface area (Å²) < 4.78 is 0. The smallest absolute Gasteiger partial charge is 0.326 e. The highest BCUT2D eigenvalue weighted by molar-refractivity contribution is 5.95. The van der Waals surface area contributed by atoms with Crippen LogP contribution in [0.1, 0.15) is 59.8 Å². The van der Waals surface area contributed by atoms with Crippen molar-refractivity contribution in [3.8, 4) is 0 Å². The monoisotopic (exact) mass is 487 g/mol. The van der Waals surface area contributed by atoms with Crippen LogP contribution >= 0.6 is 0 Å². The van der Waals surface area contributed by atoms with Crippen LogP contribution in [-0.2, 0) is 28.8 Å². The number of rotatable bonds is 16. The van der Waals surface area contributed by atoms with Gasteiger partial charge in [0.05, 0.1) is 12.5 Å². The molecule has 4 amide bonds. The Morgan fingerprint density at radius 1 is 0.853 bits per heavy atom. The first kappa shape index (κ1) is 30.8. The number of carboxylic acid groups (broad SMARTS) is 2. The van der Waals surface area contributed by atoms with E-state index in [2.05, 4.69) is 16.0 Å². The van der Waals surface area contributed by atoms with Gasteiger partial charge in [-0.3, -0.25) is 24.0 Å². The van der Waals surface area contributed by atoms with Crippen LogP contribution in [0.3, 0.4) is 0 Å². The molecule has 0 saturated heterocycles. The molecule has 0 bridgehead atoms. The second kappa shape index (κ2) is 14.8. The molecule has 13 heteroatoms. The number of hydrogen-bond acceptors (Lipinski definition) is 7. The predicted octanol–water partition coefficient (Wildman–Crippen LogP) is -1.31. The molecule has 0 aliphatic carbocycles. The normalized spacial score (nSPS) is 15.4. The zero-order valence-corrected chi connectivity index (χ0v) is 20.0. The molecule has 0 aliphatic rings. The molecule has 5 atom stereocenters. The van der Waals surface area contributed by atoms with E-state index in [0.717, 1.165) is 0 Å². The van der Waals surface area contributed by atoms with E-state index in [1.807, 2.05) is 13.8 Å². The minimum atomic E-state index is -1.56. The summed E-state index contributed by atoms with van der Waals surface area (Å²) in [5.41, 5.74) is 10.8. The average molecular weight is 488 g/mol. The second-order valence-electron chi connectivity index (χ2n) is 8.67. The lowest BCUT2D eigenvalue weighted by Crippen LogP contribution is -2.59. The topological polar surface area (TPSA) is 231 Å². The van der Waals surface area contributed by atoms with E-state index in [4.69, 9.17) is 16.6 Å². The van der Waals surface area contributed by atoms with E-state index in [1.165, 1.54) is 0 Å². The van der Waals surface area contributed by atoms with Crippen molar-refractivity contribution in [3.05, 3.63) is 0 Å². The van der Waals surface area contributed by atoms with E-state index >= 15 is 0 Å². The summed E-state index contributed by atoms with van der Waals surface area (Å²) in [5.74, 6) is -6.15. The molecular weight excluding hydrogens is 450 g/mol. The fraction of sp³-hybridized carbons (Fsp3) is 0.714. The van der Waals surface area contributed by atoms with Gasteiger partial charge in [0.2, 0.25) is 23.6 Å². The van der Waals surface area contributed by atoms with Crippen LogP contribution in [0.15, 0.2) is 0 Å². The minimum Gasteiger partial charge on any atom is -0.481 e. The summed E-state index contributed by atoms with van der Waals surface area (Å²) in [6, 6.07) is -4.92. The van der Waals surface area contributed by atoms with Crippen molar-refractivity contribution in [1.29, 1.82) is 0 Å². The molecule has 0 heterocycles. The zero-order valence-electron chi connectivity index (χ0n) is 20.0. The minimum absolute atomic E-state index is 0.0332. The van der Waals surface area contributed by atoms with Gasteiger partial charge in [0.15, 0.2) is 0 Å². The number of hydrogen-bond donors (Lipinski definition) is 7. The van der Waals surface area contributed by atoms with Crippen LogP contribution in [0, 0.1) is 11.8 Å². The zero-order chi connectivity index (χ0) is 26.6. The van der Waals surface area contributed by atoms with Gasteiger partial charge < -0.3 is 37.6 Å². The molecule has 194 valence electrons. The Morgan fingerprint density at radius 2 is 1.41 bits per heavy atom. The van der Waals surface area contributed by atoms with Gasteiger partial charge in [-0.25, -0.2) is 4.79 Å². The molecule has 0 fully saturated rings. The maximum Gasteiger partial charge on any atom is 0.326 e. The quantitative estimate of drug-likeness (QED) is 0.137. The fourth-order valence-electron chi connectivity index (χ4n) is 3.01. The number of amides is 4. The van der Waals surface area contributed by atoms with E-state index in [0.29, 0.717) is 6.42 Å². The average Bonchev–Trinajstić information content (AvgIpc) is 2.72. The van der Waals surface area contributed by atoms with Crippen molar-refractivity contribution in [2.45, 2.75) is 84.0 Å². The number of aliphatic carboxylic acids is 2. The van der Waals surface area contributed by atoms with Crippen LogP contribution in [0.2, 0.25) is 0 Å². The van der Waals surface area contributed by atoms with Crippen molar-refractivity contribution in [1.82, 2.24) is 16.0 Å². The van der Waals surface area contributed by atoms with Gasteiger partial charge >= 0.3 is 11.9 Å². The number of primary amides is 1. The SMILES string of the molecule is CCC(C)C(NC(=O)C(CC(C)C)NC(=O)C(N)CCC(=O)O)C(=O)NC(CC(N)=O)C(=O)O. The van der Waals surface area contributed by atoms with Crippen molar-refractivity contribution >= 4 is 35.6 Å². The Morgan fingerprint density at radius 3 is 1.85 bits per heavy atom. The van der Waals surface area contributed by atoms with Crippen molar-refractivity contribution in [2.75, 3.05) is 0 Å². The lowest BCUT2D eigenvalue weighted by atomic mass is 9.96. The third-order valence-corrected chi connectivity index (χ3v) is 5.16. The standard InChI is InChI=1S/C21H37N5O8/c1-5-11(4)17(20(32)25-14(21(33)34)9-15(23)27)26-19(31)13(8-10(2)3)24-18(30)12(22)6-7-16(28)29/h10-14,17H,5-9,22H2,1-4H3,(H2,23,27)(H,24,30)(H,25,32)(H,26,31)(H,28,29)(H,33,34). The molecule has 5 unspecified atom stereocenters. The Balaban J connectivity index is 5.55. The van der Waals surface area contributed by atoms with Crippen LogP contribution in [0.5, 0.6) is 0 Å². The third kappa shape index (κ3) is 11.6. The van der Waals surface area contributed by atoms with Crippen LogP contribution in [0.4, 0.5) is 0 Å². The number of carbonyl (C=O) groups is 6. The second-order valence-corrected chi connectivity index (χ2v) is 8.67. The summed E-state index contributed by atoms with van der Waals surface area (Å²) in [6.07, 6.45) is -0.402. The molecule has 0 aromatic rings. The Labute approximate surface area is 198 Å². The molecule has 0 saturated carbocycles. The Hall–Kier alpha value is -3.22. The third-order valence-electron chi connectivity index (χ3n) is 5.16. The summed E-state index contributed by atoms with van der Waals surface area (Å²) in [7, 11) is 0. The summed E-state index contributed by atoms with van der Waals surface area (Å²) in [4.78, 5) is 71.4. The molecule has 0 spiro atoms. The van der Waals surface area contributed by atoms with Gasteiger partial charge in [-0.2, -0.15) is 0 Å². The fourth-order valence-corrected chi connectivity index (χ4v) is 3.01. The van der Waals surface area contributed by atoms with Gasteiger partial charge in [0.1, 0.15) is 18.1 Å². The predicted molar refractivity (Wildman–Crippen MR) is 121 cm³/mol. The lowest BCUT2D eigenvalue weighted by Gasteiger charge is -2.28. The Kier molecular flexibility index (Phi) is 13.4. The summed E-state index contributed by atoms with van der Waals surface area (Å²) in [5, 5.41) is 25.3. The maximum atomic E-state index is 13.0. The molecule has 0 rings (SSSR count). The first-order valence-electron chi connectivity index (χ1n) is 11.1. The molecule has 9 N–H and O–H groups in total. The van der Waals surface area contributed by atoms with E-state index in [9.17, 15) is 33.9 Å². The van der Waals surface area contributed by atoms with E-state index in [-0.39, 0.29) is 25.2 Å². The highest BCUT2D eigenvalue weighted by Crippen LogP contribution is 2.12. The molecular formula is C21H37N5O8. The number of carbonyl (C=O) groups excluding carboxylic acids is 4. The maximum absolute atomic E-state index is 13.0. The molecule has 0 radical (unpaired) electrons. The van der Waals surface area contributed by atoms with Crippen LogP contribution in [0.25, 0.3) is 0 Å². The largest absolute Gasteiger partial charge is 0.481 e. The van der Waals surface area contributed by atoms with E-state index < -0.39 is 72.1 Å². The summed E-state index contributed by atoms with van der Waals surface area (Å²) >= 11 is 0. The van der Waals surface area contributed by atoms with Gasteiger partial charge in [-0.05, 0) is 24.7 Å². The first-order valence-corrected chi connectivity index (χ1v) is 11.1. The molecule has 0 aromatic heterocycles. The van der Waals surface area contributed by atoms with Gasteiger partial charge in [-0.1, -0.05) is 34.1 Å². The van der Waals surface area contributed by atoms with Gasteiger partial charge in [0, 0.05) is 6.42 Å². The number of carboxylic acids is 2. The molecule has 34 heavy (non-hydrogen) atoms. The van der Waals surface area contributed by atoms with Crippen molar-refractivity contribution < 1.29 is 39.0 Å². The van der Waals surface area contributed by atoms with Crippen molar-refractivity contribution in [3.63, 3.8) is 0 Å². The highest BCUT2D eigenvalue weighted by Gasteiger charge is 2.33. The van der Waals surface area contributed by atoms with Crippen LogP contribution in [-0.4, -0.2) is 69.9 Å². The van der Waals surface area contributed by atoms with E-state index in [1.54, 1.807) is 13.8 Å². The first-order chi connectivity index (χ1) is 15.7. The molecule has 0 aliphatic heterocycles. The number of nitrogens with two attached hydrogens (primary N) is 2. The highest BCUT2D eigenvalue weighted by atomic mass is 16.4. The Bertz CT molecular complexity index is 757. The van der Waals surface area contributed by atoms with Crippen molar-refractivity contribution in [2.24, 2.45) is 23.3 Å². The molecule has 0 aromatic carbocycles. The lowest BCUT2D eigenvalue weighted by molar-refractivity contribution is -0.144. The molecule has 13 nitrogen and oxygen atoms in total. The van der Waals surface area contributed by atoms with Gasteiger partial charge in [-0.15, -0.1) is 0 Å². The summed E-state index contributed by atoms with van der Waals surface area (Å²) in [6.45, 7) is 7.07. The van der Waals surface area contributed by atoms with Gasteiger partial charge in [0.25, 0.3) is 0 Å².